The number of benzene rings is 2. The topological polar surface area (TPSA) is 88.1 Å². The fourth-order valence-electron chi connectivity index (χ4n) is 3.30. The van der Waals surface area contributed by atoms with Gasteiger partial charge in [-0.15, -0.1) is 0 Å². The molecule has 3 amide bonds. The second-order valence-electron chi connectivity index (χ2n) is 6.89. The Morgan fingerprint density at radius 3 is 2.63 bits per heavy atom. The van der Waals surface area contributed by atoms with Gasteiger partial charge in [0.05, 0.1) is 24.8 Å². The summed E-state index contributed by atoms with van der Waals surface area (Å²) >= 11 is 5.93. The van der Waals surface area contributed by atoms with Gasteiger partial charge in [0.15, 0.2) is 6.04 Å². The van der Waals surface area contributed by atoms with Gasteiger partial charge < -0.3 is 10.1 Å². The van der Waals surface area contributed by atoms with Crippen molar-refractivity contribution >= 4 is 41.4 Å². The summed E-state index contributed by atoms with van der Waals surface area (Å²) in [4.78, 5) is 42.7. The number of aliphatic imine (C=N–C) groups is 1. The number of imide groups is 1. The van der Waals surface area contributed by atoms with Crippen LogP contribution in [0.5, 0.6) is 0 Å². The third kappa shape index (κ3) is 4.68. The molecule has 2 aromatic rings. The van der Waals surface area contributed by atoms with E-state index in [1.807, 2.05) is 30.3 Å². The van der Waals surface area contributed by atoms with Gasteiger partial charge in [0.2, 0.25) is 5.91 Å². The number of urea groups is 1. The third-order valence-electron chi connectivity index (χ3n) is 4.92. The third-order valence-corrected chi connectivity index (χ3v) is 5.16. The highest BCUT2D eigenvalue weighted by atomic mass is 35.5. The van der Waals surface area contributed by atoms with Gasteiger partial charge in [-0.05, 0) is 37.1 Å². The zero-order valence-electron chi connectivity index (χ0n) is 16.6. The van der Waals surface area contributed by atoms with Crippen LogP contribution in [0.3, 0.4) is 0 Å². The van der Waals surface area contributed by atoms with Crippen molar-refractivity contribution in [2.45, 2.75) is 25.4 Å². The van der Waals surface area contributed by atoms with Gasteiger partial charge in [-0.25, -0.2) is 14.5 Å². The summed E-state index contributed by atoms with van der Waals surface area (Å²) < 4.78 is 4.81. The Hall–Kier alpha value is -3.19. The Morgan fingerprint density at radius 1 is 1.23 bits per heavy atom. The number of amides is 3. The first-order valence-corrected chi connectivity index (χ1v) is 9.84. The highest BCUT2D eigenvalue weighted by Gasteiger charge is 2.54. The molecule has 0 spiro atoms. The summed E-state index contributed by atoms with van der Waals surface area (Å²) in [6.07, 6.45) is 1.75. The number of nitrogens with one attached hydrogen (secondary N) is 1. The first-order chi connectivity index (χ1) is 14.4. The van der Waals surface area contributed by atoms with Gasteiger partial charge in [0.1, 0.15) is 0 Å². The standard InChI is InChI=1S/C22H22ClN3O4/c1-14(15-7-4-3-5-8-15)25-22(29)26-19(21(28)30-2)18(20(26)27)11-12-24-17-10-6-9-16(23)13-17/h3-10,12-14,18-19H,11H2,1-2H3,(H,25,29)/t14-,18-,19+/m1/s1. The molecule has 3 rings (SSSR count). The van der Waals surface area contributed by atoms with Gasteiger partial charge in [0.25, 0.3) is 0 Å². The summed E-state index contributed by atoms with van der Waals surface area (Å²) in [5.41, 5.74) is 1.52. The molecule has 1 aliphatic rings. The normalized spacial score (nSPS) is 19.3. The van der Waals surface area contributed by atoms with Crippen molar-refractivity contribution in [1.29, 1.82) is 0 Å². The lowest BCUT2D eigenvalue weighted by Gasteiger charge is -2.43. The van der Waals surface area contributed by atoms with Crippen LogP contribution in [0.15, 0.2) is 59.6 Å². The average molecular weight is 428 g/mol. The van der Waals surface area contributed by atoms with Crippen molar-refractivity contribution in [3.63, 3.8) is 0 Å². The fourth-order valence-corrected chi connectivity index (χ4v) is 3.49. The Morgan fingerprint density at radius 2 is 1.97 bits per heavy atom. The van der Waals surface area contributed by atoms with Crippen LogP contribution in [0.1, 0.15) is 24.9 Å². The van der Waals surface area contributed by atoms with Crippen molar-refractivity contribution in [2.75, 3.05) is 7.11 Å². The average Bonchev–Trinajstić information content (AvgIpc) is 2.74. The van der Waals surface area contributed by atoms with Crippen LogP contribution in [-0.2, 0) is 14.3 Å². The van der Waals surface area contributed by atoms with Crippen LogP contribution in [-0.4, -0.2) is 42.2 Å². The molecule has 0 aromatic heterocycles. The maximum Gasteiger partial charge on any atom is 0.330 e. The van der Waals surface area contributed by atoms with E-state index < -0.39 is 29.9 Å². The van der Waals surface area contributed by atoms with Crippen LogP contribution >= 0.6 is 11.6 Å². The van der Waals surface area contributed by atoms with Gasteiger partial charge in [-0.1, -0.05) is 48.0 Å². The SMILES string of the molecule is COC(=O)[C@@H]1[C@@H](CC=Nc2cccc(Cl)c2)C(=O)N1C(=O)N[C@H](C)c1ccccc1. The quantitative estimate of drug-likeness (QED) is 0.430. The Labute approximate surface area is 179 Å². The molecule has 1 N–H and O–H groups in total. The Kier molecular flexibility index (Phi) is 6.84. The molecular weight excluding hydrogens is 406 g/mol. The number of carbonyl (C=O) groups is 3. The molecule has 1 saturated heterocycles. The highest BCUT2D eigenvalue weighted by molar-refractivity contribution is 6.30. The summed E-state index contributed by atoms with van der Waals surface area (Å²) in [6.45, 7) is 1.81. The second kappa shape index (κ2) is 9.54. The van der Waals surface area contributed by atoms with E-state index in [2.05, 4.69) is 10.3 Å². The lowest BCUT2D eigenvalue weighted by Crippen LogP contribution is -2.68. The van der Waals surface area contributed by atoms with Crippen LogP contribution in [0, 0.1) is 5.92 Å². The van der Waals surface area contributed by atoms with Gasteiger partial charge in [-0.3, -0.25) is 9.79 Å². The van der Waals surface area contributed by atoms with Crippen LogP contribution in [0.2, 0.25) is 5.02 Å². The number of methoxy groups -OCH3 is 1. The second-order valence-corrected chi connectivity index (χ2v) is 7.33. The zero-order valence-corrected chi connectivity index (χ0v) is 17.4. The summed E-state index contributed by atoms with van der Waals surface area (Å²) in [5.74, 6) is -1.79. The number of rotatable bonds is 6. The van der Waals surface area contributed by atoms with Gasteiger partial charge in [-0.2, -0.15) is 0 Å². The molecular formula is C22H22ClN3O4. The minimum atomic E-state index is -0.990. The predicted molar refractivity (Wildman–Crippen MR) is 114 cm³/mol. The van der Waals surface area contributed by atoms with E-state index >= 15 is 0 Å². The summed E-state index contributed by atoms with van der Waals surface area (Å²) in [5, 5.41) is 3.30. The number of nitrogens with zero attached hydrogens (tertiary/aromatic N) is 2. The fraction of sp³-hybridized carbons (Fsp3) is 0.273. The zero-order chi connectivity index (χ0) is 21.7. The molecule has 0 bridgehead atoms. The number of halogens is 1. The smallest absolute Gasteiger partial charge is 0.330 e. The Bertz CT molecular complexity index is 964. The lowest BCUT2D eigenvalue weighted by molar-refractivity contribution is -0.167. The maximum absolute atomic E-state index is 12.7. The van der Waals surface area contributed by atoms with E-state index in [1.54, 1.807) is 37.4 Å². The van der Waals surface area contributed by atoms with Crippen LogP contribution in [0.25, 0.3) is 0 Å². The number of likely N-dealkylation sites (tertiary alicyclic amines) is 1. The molecule has 1 fully saturated rings. The van der Waals surface area contributed by atoms with Crippen LogP contribution < -0.4 is 5.32 Å². The molecule has 0 unspecified atom stereocenters. The van der Waals surface area contributed by atoms with Crippen molar-refractivity contribution in [1.82, 2.24) is 10.2 Å². The van der Waals surface area contributed by atoms with Gasteiger partial charge >= 0.3 is 12.0 Å². The molecule has 8 heteroatoms. The first-order valence-electron chi connectivity index (χ1n) is 9.46. The largest absolute Gasteiger partial charge is 0.467 e. The number of hydrogen-bond donors (Lipinski definition) is 1. The first kappa shape index (κ1) is 21.5. The number of esters is 1. The summed E-state index contributed by atoms with van der Waals surface area (Å²) in [6, 6.07) is 14.3. The van der Waals surface area contributed by atoms with E-state index in [4.69, 9.17) is 16.3 Å². The monoisotopic (exact) mass is 427 g/mol. The van der Waals surface area contributed by atoms with E-state index in [0.29, 0.717) is 10.7 Å². The molecule has 0 radical (unpaired) electrons. The van der Waals surface area contributed by atoms with E-state index in [9.17, 15) is 14.4 Å². The maximum atomic E-state index is 12.7. The van der Waals surface area contributed by atoms with Gasteiger partial charge in [0, 0.05) is 11.2 Å². The summed E-state index contributed by atoms with van der Waals surface area (Å²) in [7, 11) is 1.23. The molecule has 1 heterocycles. The molecule has 30 heavy (non-hydrogen) atoms. The lowest BCUT2D eigenvalue weighted by atomic mass is 9.85. The van der Waals surface area contributed by atoms with Crippen LogP contribution in [0.4, 0.5) is 10.5 Å². The van der Waals surface area contributed by atoms with Crippen molar-refractivity contribution in [3.05, 3.63) is 65.2 Å². The molecule has 0 saturated carbocycles. The van der Waals surface area contributed by atoms with E-state index in [-0.39, 0.29) is 12.5 Å². The minimum absolute atomic E-state index is 0.198. The number of β-lactam (4-membered cyclic amide) rings is 1. The van der Waals surface area contributed by atoms with E-state index in [1.165, 1.54) is 7.11 Å². The molecule has 0 aliphatic carbocycles. The minimum Gasteiger partial charge on any atom is -0.467 e. The molecule has 1 aliphatic heterocycles. The number of carbonyl (C=O) groups excluding carboxylic acids is 3. The molecule has 3 atom stereocenters. The van der Waals surface area contributed by atoms with Crippen molar-refractivity contribution in [2.24, 2.45) is 10.9 Å². The number of ether oxygens (including phenoxy) is 1. The molecule has 2 aromatic carbocycles. The van der Waals surface area contributed by atoms with Crippen molar-refractivity contribution < 1.29 is 19.1 Å². The molecule has 156 valence electrons. The number of hydrogen-bond acceptors (Lipinski definition) is 5. The van der Waals surface area contributed by atoms with E-state index in [0.717, 1.165) is 10.5 Å². The van der Waals surface area contributed by atoms with Crippen molar-refractivity contribution in [3.8, 4) is 0 Å². The predicted octanol–water partition coefficient (Wildman–Crippen LogP) is 3.90. The highest BCUT2D eigenvalue weighted by Crippen LogP contribution is 2.31. The Balaban J connectivity index is 1.67. The molecule has 7 nitrogen and oxygen atoms in total.